The van der Waals surface area contributed by atoms with Gasteiger partial charge >= 0.3 is 0 Å². The van der Waals surface area contributed by atoms with E-state index in [4.69, 9.17) is 0 Å². The molecule has 1 aliphatic rings. The Morgan fingerprint density at radius 3 is 2.76 bits per heavy atom. The molecule has 2 nitrogen and oxygen atoms in total. The molecule has 1 heterocycles. The Labute approximate surface area is 124 Å². The summed E-state index contributed by atoms with van der Waals surface area (Å²) in [6, 6.07) is 14.3. The number of fused-ring (bicyclic) bond motifs is 2. The van der Waals surface area contributed by atoms with E-state index in [1.54, 1.807) is 0 Å². The van der Waals surface area contributed by atoms with Gasteiger partial charge in [0, 0.05) is 35.3 Å². The summed E-state index contributed by atoms with van der Waals surface area (Å²) in [6.45, 7) is 0. The number of carbonyl (C=O) groups excluding carboxylic acids is 1. The predicted molar refractivity (Wildman–Crippen MR) is 84.8 cm³/mol. The molecule has 1 aliphatic carbocycles. The van der Waals surface area contributed by atoms with Gasteiger partial charge in [0.1, 0.15) is 0 Å². The van der Waals surface area contributed by atoms with E-state index >= 15 is 0 Å². The number of aromatic nitrogens is 1. The van der Waals surface area contributed by atoms with Crippen molar-refractivity contribution < 1.29 is 4.79 Å². The van der Waals surface area contributed by atoms with E-state index in [0.29, 0.717) is 0 Å². The van der Waals surface area contributed by atoms with E-state index in [1.807, 2.05) is 42.1 Å². The number of hydrogen-bond acceptors (Lipinski definition) is 1. The summed E-state index contributed by atoms with van der Waals surface area (Å²) in [7, 11) is 1.99. The number of ketones is 1. The fourth-order valence-corrected chi connectivity index (χ4v) is 3.39. The first-order valence-corrected chi connectivity index (χ1v) is 7.44. The SMILES string of the molecule is Cn1cc(C(=O)c2ccc3c(c2)CCC3)c2ccccc21. The van der Waals surface area contributed by atoms with Gasteiger partial charge in [-0.25, -0.2) is 0 Å². The molecule has 4 rings (SSSR count). The minimum atomic E-state index is 0.126. The van der Waals surface area contributed by atoms with Crippen LogP contribution in [0.15, 0.2) is 48.7 Å². The van der Waals surface area contributed by atoms with Crippen molar-refractivity contribution in [3.63, 3.8) is 0 Å². The number of benzene rings is 2. The summed E-state index contributed by atoms with van der Waals surface area (Å²) in [5, 5.41) is 1.03. The number of nitrogens with zero attached hydrogens (tertiary/aromatic N) is 1. The van der Waals surface area contributed by atoms with Crippen molar-refractivity contribution >= 4 is 16.7 Å². The van der Waals surface area contributed by atoms with Gasteiger partial charge in [0.25, 0.3) is 0 Å². The lowest BCUT2D eigenvalue weighted by atomic mass is 9.99. The Morgan fingerprint density at radius 2 is 1.86 bits per heavy atom. The minimum absolute atomic E-state index is 0.126. The van der Waals surface area contributed by atoms with Crippen LogP contribution in [0.5, 0.6) is 0 Å². The van der Waals surface area contributed by atoms with Gasteiger partial charge in [0.05, 0.1) is 0 Å². The normalized spacial score (nSPS) is 13.6. The van der Waals surface area contributed by atoms with Crippen LogP contribution in [0.4, 0.5) is 0 Å². The molecule has 0 spiro atoms. The molecule has 0 unspecified atom stereocenters. The maximum atomic E-state index is 12.9. The van der Waals surface area contributed by atoms with Crippen LogP contribution in [0.2, 0.25) is 0 Å². The average molecular weight is 275 g/mol. The van der Waals surface area contributed by atoms with Crippen LogP contribution >= 0.6 is 0 Å². The maximum absolute atomic E-state index is 12.9. The van der Waals surface area contributed by atoms with Gasteiger partial charge in [-0.05, 0) is 42.5 Å². The third-order valence-corrected chi connectivity index (χ3v) is 4.50. The van der Waals surface area contributed by atoms with Crippen molar-refractivity contribution in [1.29, 1.82) is 0 Å². The van der Waals surface area contributed by atoms with E-state index in [-0.39, 0.29) is 5.78 Å². The maximum Gasteiger partial charge on any atom is 0.195 e. The van der Waals surface area contributed by atoms with Crippen LogP contribution in [-0.4, -0.2) is 10.4 Å². The first-order chi connectivity index (χ1) is 10.2. The van der Waals surface area contributed by atoms with E-state index in [0.717, 1.165) is 34.9 Å². The van der Waals surface area contributed by atoms with Crippen LogP contribution < -0.4 is 0 Å². The average Bonchev–Trinajstić information content (AvgIpc) is 3.11. The Morgan fingerprint density at radius 1 is 1.05 bits per heavy atom. The summed E-state index contributed by atoms with van der Waals surface area (Å²) < 4.78 is 2.02. The highest BCUT2D eigenvalue weighted by molar-refractivity contribution is 6.16. The van der Waals surface area contributed by atoms with Gasteiger partial charge in [-0.15, -0.1) is 0 Å². The fraction of sp³-hybridized carbons (Fsp3) is 0.211. The van der Waals surface area contributed by atoms with Gasteiger partial charge in [0.15, 0.2) is 5.78 Å². The molecule has 0 bridgehead atoms. The van der Waals surface area contributed by atoms with Crippen LogP contribution in [0.25, 0.3) is 10.9 Å². The second-order valence-electron chi connectivity index (χ2n) is 5.84. The molecule has 0 saturated heterocycles. The summed E-state index contributed by atoms with van der Waals surface area (Å²) >= 11 is 0. The predicted octanol–water partition coefficient (Wildman–Crippen LogP) is 3.90. The second-order valence-corrected chi connectivity index (χ2v) is 5.84. The van der Waals surface area contributed by atoms with E-state index in [1.165, 1.54) is 17.5 Å². The molecule has 2 aromatic carbocycles. The number of aryl methyl sites for hydroxylation is 3. The van der Waals surface area contributed by atoms with Crippen molar-refractivity contribution in [2.24, 2.45) is 7.05 Å². The van der Waals surface area contributed by atoms with Crippen LogP contribution in [0.3, 0.4) is 0 Å². The second kappa shape index (κ2) is 4.59. The number of hydrogen-bond donors (Lipinski definition) is 0. The van der Waals surface area contributed by atoms with Crippen molar-refractivity contribution in [3.8, 4) is 0 Å². The molecule has 0 radical (unpaired) electrons. The van der Waals surface area contributed by atoms with Crippen LogP contribution in [0.1, 0.15) is 33.5 Å². The molecule has 2 heteroatoms. The topological polar surface area (TPSA) is 22.0 Å². The molecule has 0 saturated carbocycles. The fourth-order valence-electron chi connectivity index (χ4n) is 3.39. The molecule has 0 atom stereocenters. The summed E-state index contributed by atoms with van der Waals surface area (Å²) in [5.41, 5.74) is 5.46. The third kappa shape index (κ3) is 1.90. The lowest BCUT2D eigenvalue weighted by Gasteiger charge is -2.04. The summed E-state index contributed by atoms with van der Waals surface area (Å²) in [6.07, 6.45) is 5.41. The Bertz CT molecular complexity index is 857. The number of para-hydroxylation sites is 1. The molecule has 0 N–H and O–H groups in total. The Balaban J connectivity index is 1.83. The molecule has 0 aliphatic heterocycles. The standard InChI is InChI=1S/C19H17NO/c1-20-12-17(16-7-2-3-8-18(16)20)19(21)15-10-9-13-5-4-6-14(13)11-15/h2-3,7-12H,4-6H2,1H3. The molecular weight excluding hydrogens is 258 g/mol. The third-order valence-electron chi connectivity index (χ3n) is 4.50. The monoisotopic (exact) mass is 275 g/mol. The quantitative estimate of drug-likeness (QED) is 0.650. The van der Waals surface area contributed by atoms with E-state index in [9.17, 15) is 4.79 Å². The highest BCUT2D eigenvalue weighted by atomic mass is 16.1. The lowest BCUT2D eigenvalue weighted by molar-refractivity contribution is 0.104. The van der Waals surface area contributed by atoms with Crippen LogP contribution in [0, 0.1) is 0 Å². The zero-order valence-electron chi connectivity index (χ0n) is 12.1. The largest absolute Gasteiger partial charge is 0.350 e. The molecular formula is C19H17NO. The van der Waals surface area contributed by atoms with Gasteiger partial charge in [-0.3, -0.25) is 4.79 Å². The molecule has 21 heavy (non-hydrogen) atoms. The van der Waals surface area contributed by atoms with Gasteiger partial charge < -0.3 is 4.57 Å². The van der Waals surface area contributed by atoms with Crippen molar-refractivity contribution in [1.82, 2.24) is 4.57 Å². The molecule has 0 amide bonds. The summed E-state index contributed by atoms with van der Waals surface area (Å²) in [4.78, 5) is 12.9. The van der Waals surface area contributed by atoms with Crippen molar-refractivity contribution in [3.05, 3.63) is 70.9 Å². The molecule has 1 aromatic heterocycles. The van der Waals surface area contributed by atoms with Gasteiger partial charge in [-0.2, -0.15) is 0 Å². The Hall–Kier alpha value is -2.35. The van der Waals surface area contributed by atoms with E-state index < -0.39 is 0 Å². The lowest BCUT2D eigenvalue weighted by Crippen LogP contribution is -2.01. The highest BCUT2D eigenvalue weighted by Gasteiger charge is 2.18. The van der Waals surface area contributed by atoms with Gasteiger partial charge in [-0.1, -0.05) is 30.3 Å². The van der Waals surface area contributed by atoms with Crippen LogP contribution in [-0.2, 0) is 19.9 Å². The Kier molecular flexibility index (Phi) is 2.71. The number of rotatable bonds is 2. The molecule has 104 valence electrons. The smallest absolute Gasteiger partial charge is 0.195 e. The minimum Gasteiger partial charge on any atom is -0.350 e. The highest BCUT2D eigenvalue weighted by Crippen LogP contribution is 2.26. The zero-order valence-corrected chi connectivity index (χ0v) is 12.1. The molecule has 0 fully saturated rings. The first-order valence-electron chi connectivity index (χ1n) is 7.44. The number of carbonyl (C=O) groups is 1. The summed E-state index contributed by atoms with van der Waals surface area (Å²) in [5.74, 6) is 0.126. The molecule has 3 aromatic rings. The van der Waals surface area contributed by atoms with E-state index in [2.05, 4.69) is 18.2 Å². The van der Waals surface area contributed by atoms with Crippen molar-refractivity contribution in [2.75, 3.05) is 0 Å². The van der Waals surface area contributed by atoms with Gasteiger partial charge in [0.2, 0.25) is 0 Å². The zero-order chi connectivity index (χ0) is 14.4. The van der Waals surface area contributed by atoms with Crippen molar-refractivity contribution in [2.45, 2.75) is 19.3 Å². The first kappa shape index (κ1) is 12.4.